The summed E-state index contributed by atoms with van der Waals surface area (Å²) in [6.07, 6.45) is 0. The van der Waals surface area contributed by atoms with Gasteiger partial charge in [-0.3, -0.25) is 0 Å². The molecule has 0 atom stereocenters. The third-order valence-electron chi connectivity index (χ3n) is 5.12. The molecule has 142 valence electrons. The molecule has 0 aliphatic heterocycles. The van der Waals surface area contributed by atoms with Gasteiger partial charge < -0.3 is 5.11 Å². The lowest BCUT2D eigenvalue weighted by atomic mass is 9.91. The van der Waals surface area contributed by atoms with E-state index in [9.17, 15) is 5.11 Å². The maximum atomic E-state index is 10.7. The number of aromatic hydroxyl groups is 1. The molecule has 0 amide bonds. The summed E-state index contributed by atoms with van der Waals surface area (Å²) in [5, 5.41) is 19.6. The average Bonchev–Trinajstić information content (AvgIpc) is 3.11. The Morgan fingerprint density at radius 2 is 1.29 bits per heavy atom. The molecule has 0 unspecified atom stereocenters. The van der Waals surface area contributed by atoms with E-state index in [0.29, 0.717) is 17.5 Å². The van der Waals surface area contributed by atoms with Crippen LogP contribution in [0.1, 0.15) is 50.7 Å². The first kappa shape index (κ1) is 18.2. The molecule has 3 aromatic carbocycles. The van der Waals surface area contributed by atoms with Gasteiger partial charge >= 0.3 is 0 Å². The van der Waals surface area contributed by atoms with Crippen molar-refractivity contribution in [3.05, 3.63) is 71.8 Å². The van der Waals surface area contributed by atoms with Gasteiger partial charge in [0.15, 0.2) is 0 Å². The van der Waals surface area contributed by atoms with E-state index in [-0.39, 0.29) is 5.75 Å². The molecule has 28 heavy (non-hydrogen) atoms. The largest absolute Gasteiger partial charge is 0.506 e. The number of fused-ring (bicyclic) bond motifs is 1. The van der Waals surface area contributed by atoms with Crippen molar-refractivity contribution in [3.8, 4) is 22.6 Å². The number of phenols is 1. The van der Waals surface area contributed by atoms with E-state index in [1.54, 1.807) is 6.07 Å². The molecule has 4 rings (SSSR count). The van der Waals surface area contributed by atoms with E-state index in [1.165, 1.54) is 15.9 Å². The van der Waals surface area contributed by atoms with Gasteiger partial charge in [0.05, 0.1) is 0 Å². The van der Waals surface area contributed by atoms with Crippen LogP contribution in [-0.2, 0) is 0 Å². The number of hydrogen-bond donors (Lipinski definition) is 1. The van der Waals surface area contributed by atoms with E-state index in [1.807, 2.05) is 36.4 Å². The number of rotatable bonds is 4. The van der Waals surface area contributed by atoms with Gasteiger partial charge in [0.25, 0.3) is 0 Å². The van der Waals surface area contributed by atoms with Crippen LogP contribution in [-0.4, -0.2) is 20.1 Å². The van der Waals surface area contributed by atoms with Gasteiger partial charge in [-0.25, -0.2) is 0 Å². The average molecular weight is 371 g/mol. The summed E-state index contributed by atoms with van der Waals surface area (Å²) in [7, 11) is 0. The Kier molecular flexibility index (Phi) is 4.63. The van der Waals surface area contributed by atoms with Gasteiger partial charge in [0, 0.05) is 0 Å². The van der Waals surface area contributed by atoms with Gasteiger partial charge in [0.2, 0.25) is 0 Å². The molecule has 1 aromatic heterocycles. The van der Waals surface area contributed by atoms with Crippen LogP contribution in [0.15, 0.2) is 60.7 Å². The zero-order valence-corrected chi connectivity index (χ0v) is 16.7. The second kappa shape index (κ2) is 7.12. The first-order valence-electron chi connectivity index (χ1n) is 9.73. The Morgan fingerprint density at radius 1 is 0.714 bits per heavy atom. The highest BCUT2D eigenvalue weighted by molar-refractivity contribution is 5.74. The molecule has 0 fully saturated rings. The zero-order valence-electron chi connectivity index (χ0n) is 16.7. The van der Waals surface area contributed by atoms with E-state index in [2.05, 4.69) is 56.1 Å². The van der Waals surface area contributed by atoms with Gasteiger partial charge in [-0.1, -0.05) is 64.1 Å². The van der Waals surface area contributed by atoms with E-state index in [4.69, 9.17) is 0 Å². The minimum absolute atomic E-state index is 0.166. The molecule has 0 aliphatic carbocycles. The van der Waals surface area contributed by atoms with Crippen LogP contribution in [0.5, 0.6) is 5.75 Å². The third kappa shape index (κ3) is 3.38. The van der Waals surface area contributed by atoms with Crippen molar-refractivity contribution in [2.75, 3.05) is 0 Å². The molecule has 0 saturated heterocycles. The van der Waals surface area contributed by atoms with Crippen molar-refractivity contribution in [1.82, 2.24) is 15.0 Å². The highest BCUT2D eigenvalue weighted by Gasteiger charge is 2.12. The molecular formula is C24H25N3O. The smallest absolute Gasteiger partial charge is 0.143 e. The van der Waals surface area contributed by atoms with Crippen molar-refractivity contribution in [2.24, 2.45) is 0 Å². The third-order valence-corrected chi connectivity index (χ3v) is 5.12. The lowest BCUT2D eigenvalue weighted by molar-refractivity contribution is 0.468. The summed E-state index contributed by atoms with van der Waals surface area (Å²) in [6.45, 7) is 8.82. The Bertz CT molecular complexity index is 1080. The fraction of sp³-hybridized carbons (Fsp3) is 0.250. The lowest BCUT2D eigenvalue weighted by Gasteiger charge is -2.15. The fourth-order valence-corrected chi connectivity index (χ4v) is 3.35. The topological polar surface area (TPSA) is 50.9 Å². The maximum absolute atomic E-state index is 10.7. The normalized spacial score (nSPS) is 11.6. The number of nitrogens with zero attached hydrogens (tertiary/aromatic N) is 3. The van der Waals surface area contributed by atoms with Crippen molar-refractivity contribution < 1.29 is 5.11 Å². The summed E-state index contributed by atoms with van der Waals surface area (Å²) in [5.41, 5.74) is 6.91. The number of benzene rings is 3. The van der Waals surface area contributed by atoms with Crippen molar-refractivity contribution >= 4 is 11.0 Å². The molecule has 4 heteroatoms. The molecule has 4 nitrogen and oxygen atoms in total. The Hall–Kier alpha value is -3.14. The van der Waals surface area contributed by atoms with Crippen LogP contribution in [0.25, 0.3) is 27.8 Å². The summed E-state index contributed by atoms with van der Waals surface area (Å²) < 4.78 is 0. The monoisotopic (exact) mass is 371 g/mol. The predicted molar refractivity (Wildman–Crippen MR) is 114 cm³/mol. The Balaban J connectivity index is 1.77. The second-order valence-electron chi connectivity index (χ2n) is 7.88. The fourth-order valence-electron chi connectivity index (χ4n) is 3.35. The maximum Gasteiger partial charge on any atom is 0.143 e. The molecule has 0 aliphatic rings. The van der Waals surface area contributed by atoms with Crippen LogP contribution < -0.4 is 0 Å². The number of hydrogen-bond acceptors (Lipinski definition) is 3. The van der Waals surface area contributed by atoms with Crippen LogP contribution >= 0.6 is 0 Å². The SMILES string of the molecule is CC(C)c1cc(-c2ccc(-n3nc4ccccc4n3)c(O)c2)cc(C(C)C)c1. The first-order valence-corrected chi connectivity index (χ1v) is 9.73. The molecule has 1 heterocycles. The first-order chi connectivity index (χ1) is 13.4. The van der Waals surface area contributed by atoms with Crippen molar-refractivity contribution in [3.63, 3.8) is 0 Å². The molecule has 0 radical (unpaired) electrons. The molecule has 0 bridgehead atoms. The van der Waals surface area contributed by atoms with Gasteiger partial charge in [-0.05, 0) is 58.4 Å². The van der Waals surface area contributed by atoms with E-state index >= 15 is 0 Å². The minimum Gasteiger partial charge on any atom is -0.506 e. The van der Waals surface area contributed by atoms with E-state index < -0.39 is 0 Å². The van der Waals surface area contributed by atoms with Crippen molar-refractivity contribution in [1.29, 1.82) is 0 Å². The van der Waals surface area contributed by atoms with Gasteiger partial charge in [0.1, 0.15) is 22.5 Å². The Morgan fingerprint density at radius 3 is 1.79 bits per heavy atom. The quantitative estimate of drug-likeness (QED) is 0.476. The molecule has 1 N–H and O–H groups in total. The van der Waals surface area contributed by atoms with Crippen LogP contribution in [0.3, 0.4) is 0 Å². The standard InChI is InChI=1S/C24H25N3O/c1-15(2)18-11-19(16(3)4)13-20(12-18)17-9-10-23(24(28)14-17)27-25-21-7-5-6-8-22(21)26-27/h5-16,28H,1-4H3. The number of aromatic nitrogens is 3. The minimum atomic E-state index is 0.166. The predicted octanol–water partition coefficient (Wildman–Crippen LogP) is 6.04. The summed E-state index contributed by atoms with van der Waals surface area (Å²) >= 11 is 0. The summed E-state index contributed by atoms with van der Waals surface area (Å²) in [5.74, 6) is 1.07. The Labute approximate surface area is 165 Å². The molecule has 0 spiro atoms. The van der Waals surface area contributed by atoms with Gasteiger partial charge in [-0.15, -0.1) is 15.0 Å². The summed E-state index contributed by atoms with van der Waals surface area (Å²) in [4.78, 5) is 1.49. The molecular weight excluding hydrogens is 346 g/mol. The van der Waals surface area contributed by atoms with Crippen molar-refractivity contribution in [2.45, 2.75) is 39.5 Å². The lowest BCUT2D eigenvalue weighted by Crippen LogP contribution is -1.99. The van der Waals surface area contributed by atoms with E-state index in [0.717, 1.165) is 22.2 Å². The highest BCUT2D eigenvalue weighted by Crippen LogP contribution is 2.33. The van der Waals surface area contributed by atoms with Crippen LogP contribution in [0.2, 0.25) is 0 Å². The summed E-state index contributed by atoms with van der Waals surface area (Å²) in [6, 6.07) is 20.1. The van der Waals surface area contributed by atoms with Crippen LogP contribution in [0, 0.1) is 0 Å². The van der Waals surface area contributed by atoms with Gasteiger partial charge in [-0.2, -0.15) is 0 Å². The zero-order chi connectivity index (χ0) is 19.8. The highest BCUT2D eigenvalue weighted by atomic mass is 16.3. The molecule has 0 saturated carbocycles. The van der Waals surface area contributed by atoms with Crippen LogP contribution in [0.4, 0.5) is 0 Å². The molecule has 4 aromatic rings. The number of phenolic OH excluding ortho intramolecular Hbond substituents is 1. The second-order valence-corrected chi connectivity index (χ2v) is 7.88.